The number of likely N-dealkylation sites (tertiary alicyclic amines) is 1. The lowest BCUT2D eigenvalue weighted by Gasteiger charge is -2.26. The average Bonchev–Trinajstić information content (AvgIpc) is 2.61. The third kappa shape index (κ3) is 3.41. The Bertz CT molecular complexity index is 705. The van der Waals surface area contributed by atoms with Gasteiger partial charge in [0, 0.05) is 13.1 Å². The van der Waals surface area contributed by atoms with Crippen LogP contribution >= 0.6 is 0 Å². The van der Waals surface area contributed by atoms with Crippen molar-refractivity contribution in [1.82, 2.24) is 4.90 Å². The van der Waals surface area contributed by atoms with E-state index >= 15 is 0 Å². The van der Waals surface area contributed by atoms with E-state index < -0.39 is 0 Å². The monoisotopic (exact) mass is 313 g/mol. The topological polar surface area (TPSA) is 38.8 Å². The molecular weight excluding hydrogens is 290 g/mol. The fourth-order valence-corrected chi connectivity index (χ4v) is 3.16. The number of piperidine rings is 1. The van der Waals surface area contributed by atoms with E-state index in [2.05, 4.69) is 6.07 Å². The van der Waals surface area contributed by atoms with Crippen molar-refractivity contribution in [3.8, 4) is 11.5 Å². The quantitative estimate of drug-likeness (QED) is 0.868. The van der Waals surface area contributed by atoms with Gasteiger partial charge in [-0.1, -0.05) is 18.2 Å². The van der Waals surface area contributed by atoms with E-state index in [1.165, 1.54) is 6.42 Å². The summed E-state index contributed by atoms with van der Waals surface area (Å²) in [6.07, 6.45) is 3.95. The van der Waals surface area contributed by atoms with Crippen LogP contribution in [-0.4, -0.2) is 38.1 Å². The molecule has 122 valence electrons. The summed E-state index contributed by atoms with van der Waals surface area (Å²) in [6, 6.07) is 10.1. The highest BCUT2D eigenvalue weighted by atomic mass is 16.5. The van der Waals surface area contributed by atoms with Gasteiger partial charge in [0.1, 0.15) is 0 Å². The smallest absolute Gasteiger partial charge is 0.226 e. The van der Waals surface area contributed by atoms with Gasteiger partial charge in [-0.2, -0.15) is 0 Å². The minimum Gasteiger partial charge on any atom is -0.493 e. The van der Waals surface area contributed by atoms with Crippen molar-refractivity contribution >= 4 is 16.7 Å². The lowest BCUT2D eigenvalue weighted by molar-refractivity contribution is -0.131. The molecule has 0 radical (unpaired) electrons. The van der Waals surface area contributed by atoms with Crippen LogP contribution in [0, 0.1) is 0 Å². The summed E-state index contributed by atoms with van der Waals surface area (Å²) in [5.74, 6) is 1.65. The predicted molar refractivity (Wildman–Crippen MR) is 91.2 cm³/mol. The second-order valence-corrected chi connectivity index (χ2v) is 6.01. The van der Waals surface area contributed by atoms with Crippen LogP contribution < -0.4 is 9.47 Å². The summed E-state index contributed by atoms with van der Waals surface area (Å²) < 4.78 is 10.7. The molecule has 0 bridgehead atoms. The van der Waals surface area contributed by atoms with Crippen molar-refractivity contribution in [2.24, 2.45) is 0 Å². The highest BCUT2D eigenvalue weighted by Gasteiger charge is 2.17. The molecule has 4 nitrogen and oxygen atoms in total. The molecule has 1 saturated heterocycles. The standard InChI is InChI=1S/C19H23NO3/c1-22-17-12-15-7-6-14(10-16(15)13-18(17)23-2)11-19(21)20-8-4-3-5-9-20/h6-7,10,12-13H,3-5,8-9,11H2,1-2H3. The first-order valence-corrected chi connectivity index (χ1v) is 8.13. The van der Waals surface area contributed by atoms with Crippen LogP contribution in [0.4, 0.5) is 0 Å². The first-order chi connectivity index (χ1) is 11.2. The SMILES string of the molecule is COc1cc2ccc(CC(=O)N3CCCCC3)cc2cc1OC. The van der Waals surface area contributed by atoms with E-state index in [0.29, 0.717) is 12.2 Å². The molecule has 0 aromatic heterocycles. The zero-order chi connectivity index (χ0) is 16.2. The summed E-state index contributed by atoms with van der Waals surface area (Å²) in [7, 11) is 3.27. The second-order valence-electron chi connectivity index (χ2n) is 6.01. The Morgan fingerprint density at radius 3 is 2.26 bits per heavy atom. The fraction of sp³-hybridized carbons (Fsp3) is 0.421. The summed E-state index contributed by atoms with van der Waals surface area (Å²) >= 11 is 0. The van der Waals surface area contributed by atoms with E-state index in [1.807, 2.05) is 29.2 Å². The van der Waals surface area contributed by atoms with Crippen LogP contribution in [0.5, 0.6) is 11.5 Å². The lowest BCUT2D eigenvalue weighted by Crippen LogP contribution is -2.36. The van der Waals surface area contributed by atoms with Gasteiger partial charge in [-0.3, -0.25) is 4.79 Å². The van der Waals surface area contributed by atoms with Crippen molar-refractivity contribution < 1.29 is 14.3 Å². The molecule has 1 fully saturated rings. The first-order valence-electron chi connectivity index (χ1n) is 8.13. The molecule has 2 aromatic carbocycles. The van der Waals surface area contributed by atoms with Gasteiger partial charge in [0.05, 0.1) is 20.6 Å². The van der Waals surface area contributed by atoms with E-state index in [-0.39, 0.29) is 5.91 Å². The molecule has 0 saturated carbocycles. The Kier molecular flexibility index (Phi) is 4.70. The van der Waals surface area contributed by atoms with Crippen LogP contribution in [0.1, 0.15) is 24.8 Å². The van der Waals surface area contributed by atoms with Crippen molar-refractivity contribution in [1.29, 1.82) is 0 Å². The zero-order valence-electron chi connectivity index (χ0n) is 13.8. The molecule has 3 rings (SSSR count). The van der Waals surface area contributed by atoms with Crippen molar-refractivity contribution in [3.63, 3.8) is 0 Å². The first kappa shape index (κ1) is 15.7. The highest BCUT2D eigenvalue weighted by molar-refractivity contribution is 5.88. The van der Waals surface area contributed by atoms with Crippen molar-refractivity contribution in [2.75, 3.05) is 27.3 Å². The minimum atomic E-state index is 0.226. The Morgan fingerprint density at radius 1 is 0.957 bits per heavy atom. The van der Waals surface area contributed by atoms with Gasteiger partial charge in [0.25, 0.3) is 0 Å². The molecule has 2 aromatic rings. The van der Waals surface area contributed by atoms with Crippen LogP contribution in [-0.2, 0) is 11.2 Å². The van der Waals surface area contributed by atoms with E-state index in [4.69, 9.17) is 9.47 Å². The number of carbonyl (C=O) groups excluding carboxylic acids is 1. The molecular formula is C19H23NO3. The average molecular weight is 313 g/mol. The van der Waals surface area contributed by atoms with Crippen molar-refractivity contribution in [2.45, 2.75) is 25.7 Å². The Labute approximate surface area is 137 Å². The van der Waals surface area contributed by atoms with Gasteiger partial charge >= 0.3 is 0 Å². The summed E-state index contributed by atoms with van der Waals surface area (Å²) in [6.45, 7) is 1.80. The molecule has 4 heteroatoms. The number of benzene rings is 2. The van der Waals surface area contributed by atoms with Crippen LogP contribution in [0.3, 0.4) is 0 Å². The number of methoxy groups -OCH3 is 2. The van der Waals surface area contributed by atoms with Gasteiger partial charge < -0.3 is 14.4 Å². The Balaban J connectivity index is 1.83. The van der Waals surface area contributed by atoms with Gasteiger partial charge in [-0.25, -0.2) is 0 Å². The number of rotatable bonds is 4. The van der Waals surface area contributed by atoms with E-state index in [1.54, 1.807) is 14.2 Å². The van der Waals surface area contributed by atoms with Gasteiger partial charge in [-0.05, 0) is 47.7 Å². The highest BCUT2D eigenvalue weighted by Crippen LogP contribution is 2.32. The van der Waals surface area contributed by atoms with E-state index in [0.717, 1.165) is 48.0 Å². The minimum absolute atomic E-state index is 0.226. The summed E-state index contributed by atoms with van der Waals surface area (Å²) in [5.41, 5.74) is 1.04. The number of fused-ring (bicyclic) bond motifs is 1. The number of carbonyl (C=O) groups is 1. The normalized spacial score (nSPS) is 14.8. The third-order valence-corrected chi connectivity index (χ3v) is 4.47. The zero-order valence-corrected chi connectivity index (χ0v) is 13.8. The number of hydrogen-bond acceptors (Lipinski definition) is 3. The molecule has 1 aliphatic heterocycles. The molecule has 0 atom stereocenters. The summed E-state index contributed by atoms with van der Waals surface area (Å²) in [4.78, 5) is 14.4. The molecule has 1 amide bonds. The van der Waals surface area contributed by atoms with Gasteiger partial charge in [0.15, 0.2) is 11.5 Å². The number of ether oxygens (including phenoxy) is 2. The Hall–Kier alpha value is -2.23. The number of amides is 1. The molecule has 1 aliphatic rings. The van der Waals surface area contributed by atoms with Crippen LogP contribution in [0.2, 0.25) is 0 Å². The number of nitrogens with zero attached hydrogens (tertiary/aromatic N) is 1. The lowest BCUT2D eigenvalue weighted by atomic mass is 10.0. The largest absolute Gasteiger partial charge is 0.493 e. The molecule has 0 spiro atoms. The summed E-state index contributed by atoms with van der Waals surface area (Å²) in [5, 5.41) is 2.14. The molecule has 1 heterocycles. The molecule has 0 unspecified atom stereocenters. The predicted octanol–water partition coefficient (Wildman–Crippen LogP) is 3.41. The van der Waals surface area contributed by atoms with Crippen LogP contribution in [0.15, 0.2) is 30.3 Å². The fourth-order valence-electron chi connectivity index (χ4n) is 3.16. The molecule has 0 N–H and O–H groups in total. The van der Waals surface area contributed by atoms with Gasteiger partial charge in [-0.15, -0.1) is 0 Å². The maximum atomic E-state index is 12.4. The van der Waals surface area contributed by atoms with Crippen LogP contribution in [0.25, 0.3) is 10.8 Å². The number of hydrogen-bond donors (Lipinski definition) is 0. The third-order valence-electron chi connectivity index (χ3n) is 4.47. The second kappa shape index (κ2) is 6.90. The molecule has 0 aliphatic carbocycles. The molecule has 23 heavy (non-hydrogen) atoms. The van der Waals surface area contributed by atoms with Gasteiger partial charge in [0.2, 0.25) is 5.91 Å². The maximum absolute atomic E-state index is 12.4. The Morgan fingerprint density at radius 2 is 1.61 bits per heavy atom. The van der Waals surface area contributed by atoms with E-state index in [9.17, 15) is 4.79 Å². The van der Waals surface area contributed by atoms with Crippen molar-refractivity contribution in [3.05, 3.63) is 35.9 Å². The maximum Gasteiger partial charge on any atom is 0.226 e.